The second-order valence-corrected chi connectivity index (χ2v) is 8.54. The van der Waals surface area contributed by atoms with Crippen LogP contribution < -0.4 is 0 Å². The largest absolute Gasteiger partial charge is 0.462 e. The van der Waals surface area contributed by atoms with E-state index in [1.165, 1.54) is 95.5 Å². The maximum Gasteiger partial charge on any atom is 0.338 e. The van der Waals surface area contributed by atoms with E-state index in [1.807, 2.05) is 30.3 Å². The Bertz CT molecular complexity index is 547. The highest BCUT2D eigenvalue weighted by molar-refractivity contribution is 5.89. The predicted molar refractivity (Wildman–Crippen MR) is 130 cm³/mol. The third-order valence-electron chi connectivity index (χ3n) is 5.76. The summed E-state index contributed by atoms with van der Waals surface area (Å²) in [5, 5.41) is 0. The number of allylic oxidation sites excluding steroid dienone is 1. The molecule has 170 valence electrons. The molecule has 0 radical (unpaired) electrons. The van der Waals surface area contributed by atoms with Gasteiger partial charge in [-0.2, -0.15) is 0 Å². The van der Waals surface area contributed by atoms with Gasteiger partial charge in [-0.25, -0.2) is 4.79 Å². The summed E-state index contributed by atoms with van der Waals surface area (Å²) in [4.78, 5) is 12.2. The second kappa shape index (κ2) is 19.4. The van der Waals surface area contributed by atoms with Crippen molar-refractivity contribution in [1.29, 1.82) is 0 Å². The highest BCUT2D eigenvalue weighted by atomic mass is 16.5. The summed E-state index contributed by atoms with van der Waals surface area (Å²) in [6.07, 6.45) is 23.1. The molecule has 0 unspecified atom stereocenters. The summed E-state index contributed by atoms with van der Waals surface area (Å²) in [7, 11) is 0. The summed E-state index contributed by atoms with van der Waals surface area (Å²) >= 11 is 0. The van der Waals surface area contributed by atoms with Gasteiger partial charge < -0.3 is 4.74 Å². The van der Waals surface area contributed by atoms with Crippen molar-refractivity contribution in [2.24, 2.45) is 0 Å². The Morgan fingerprint density at radius 2 is 1.30 bits per heavy atom. The van der Waals surface area contributed by atoms with E-state index in [0.29, 0.717) is 12.2 Å². The molecule has 0 heterocycles. The Hall–Kier alpha value is -1.57. The van der Waals surface area contributed by atoms with Gasteiger partial charge in [0.25, 0.3) is 0 Å². The Morgan fingerprint density at radius 3 is 1.93 bits per heavy atom. The molecule has 0 saturated carbocycles. The first kappa shape index (κ1) is 26.5. The number of esters is 1. The lowest BCUT2D eigenvalue weighted by molar-refractivity contribution is 0.0508. The van der Waals surface area contributed by atoms with E-state index >= 15 is 0 Å². The van der Waals surface area contributed by atoms with Gasteiger partial charge in [-0.05, 0) is 37.8 Å². The number of hydrogen-bond acceptors (Lipinski definition) is 2. The summed E-state index contributed by atoms with van der Waals surface area (Å²) in [5.74, 6) is -0.207. The van der Waals surface area contributed by atoms with Crippen LogP contribution in [0.15, 0.2) is 42.0 Å². The van der Waals surface area contributed by atoms with Crippen LogP contribution in [0.2, 0.25) is 0 Å². The molecule has 0 bridgehead atoms. The molecule has 0 aliphatic heterocycles. The fourth-order valence-corrected chi connectivity index (χ4v) is 3.80. The van der Waals surface area contributed by atoms with Gasteiger partial charge in [-0.15, -0.1) is 0 Å². The van der Waals surface area contributed by atoms with Crippen molar-refractivity contribution in [3.8, 4) is 0 Å². The predicted octanol–water partition coefficient (Wildman–Crippen LogP) is 9.05. The molecule has 1 rings (SSSR count). The van der Waals surface area contributed by atoms with Crippen molar-refractivity contribution >= 4 is 5.97 Å². The molecule has 2 nitrogen and oxygen atoms in total. The molecule has 1 aromatic rings. The molecule has 2 heteroatoms. The standard InChI is InChI=1S/C28H46O2/c1-3-5-7-9-11-12-14-17-21-26(20-16-13-10-8-6-4-2)24-25-30-28(29)27-22-18-15-19-23-27/h15,18-20,22-23H,3-14,16-17,21,24-25H2,1-2H3/b26-20+. The van der Waals surface area contributed by atoms with Gasteiger partial charge in [0, 0.05) is 6.42 Å². The SMILES string of the molecule is CCCCCCC/C=C(\CCCCCCCCCC)CCOC(=O)c1ccccc1. The third kappa shape index (κ3) is 14.4. The monoisotopic (exact) mass is 414 g/mol. The summed E-state index contributed by atoms with van der Waals surface area (Å²) in [6, 6.07) is 9.30. The van der Waals surface area contributed by atoms with Gasteiger partial charge in [-0.1, -0.05) is 114 Å². The highest BCUT2D eigenvalue weighted by Gasteiger charge is 2.07. The van der Waals surface area contributed by atoms with E-state index in [0.717, 1.165) is 12.8 Å². The third-order valence-corrected chi connectivity index (χ3v) is 5.76. The minimum absolute atomic E-state index is 0.207. The van der Waals surface area contributed by atoms with Crippen LogP contribution in [-0.2, 0) is 4.74 Å². The summed E-state index contributed by atoms with van der Waals surface area (Å²) in [5.41, 5.74) is 2.12. The fraction of sp³-hybridized carbons (Fsp3) is 0.679. The van der Waals surface area contributed by atoms with Gasteiger partial charge in [0.15, 0.2) is 0 Å². The van der Waals surface area contributed by atoms with E-state index in [9.17, 15) is 4.79 Å². The number of benzene rings is 1. The summed E-state index contributed by atoms with van der Waals surface area (Å²) in [6.45, 7) is 5.03. The van der Waals surface area contributed by atoms with Gasteiger partial charge in [0.2, 0.25) is 0 Å². The lowest BCUT2D eigenvalue weighted by Gasteiger charge is -2.10. The number of unbranched alkanes of at least 4 members (excludes halogenated alkanes) is 12. The van der Waals surface area contributed by atoms with Crippen LogP contribution >= 0.6 is 0 Å². The normalized spacial score (nSPS) is 11.6. The van der Waals surface area contributed by atoms with Crippen LogP contribution in [-0.4, -0.2) is 12.6 Å². The zero-order chi connectivity index (χ0) is 21.7. The molecule has 30 heavy (non-hydrogen) atoms. The Labute approximate surface area is 186 Å². The van der Waals surface area contributed by atoms with Crippen molar-refractivity contribution in [3.63, 3.8) is 0 Å². The zero-order valence-corrected chi connectivity index (χ0v) is 19.8. The molecule has 0 spiro atoms. The number of hydrogen-bond donors (Lipinski definition) is 0. The first-order chi connectivity index (χ1) is 14.8. The quantitative estimate of drug-likeness (QED) is 0.128. The van der Waals surface area contributed by atoms with E-state index in [-0.39, 0.29) is 5.97 Å². The van der Waals surface area contributed by atoms with Crippen molar-refractivity contribution in [2.75, 3.05) is 6.61 Å². The number of carbonyl (C=O) groups excluding carboxylic acids is 1. The van der Waals surface area contributed by atoms with Gasteiger partial charge in [0.05, 0.1) is 12.2 Å². The van der Waals surface area contributed by atoms with E-state index in [4.69, 9.17) is 4.74 Å². The Morgan fingerprint density at radius 1 is 0.733 bits per heavy atom. The van der Waals surface area contributed by atoms with Crippen LogP contribution in [0.25, 0.3) is 0 Å². The van der Waals surface area contributed by atoms with E-state index in [2.05, 4.69) is 19.9 Å². The maximum atomic E-state index is 12.2. The molecule has 0 aromatic heterocycles. The average Bonchev–Trinajstić information content (AvgIpc) is 2.77. The number of ether oxygens (including phenoxy) is 1. The highest BCUT2D eigenvalue weighted by Crippen LogP contribution is 2.18. The van der Waals surface area contributed by atoms with Crippen molar-refractivity contribution in [1.82, 2.24) is 0 Å². The molecular weight excluding hydrogens is 368 g/mol. The van der Waals surface area contributed by atoms with Crippen LogP contribution in [0.1, 0.15) is 127 Å². The van der Waals surface area contributed by atoms with Crippen LogP contribution in [0, 0.1) is 0 Å². The van der Waals surface area contributed by atoms with Crippen LogP contribution in [0.3, 0.4) is 0 Å². The van der Waals surface area contributed by atoms with Crippen LogP contribution in [0.5, 0.6) is 0 Å². The lowest BCUT2D eigenvalue weighted by Crippen LogP contribution is -2.07. The fourth-order valence-electron chi connectivity index (χ4n) is 3.80. The number of rotatable bonds is 19. The first-order valence-electron chi connectivity index (χ1n) is 12.7. The van der Waals surface area contributed by atoms with Crippen molar-refractivity contribution < 1.29 is 9.53 Å². The number of carbonyl (C=O) groups is 1. The minimum atomic E-state index is -0.207. The minimum Gasteiger partial charge on any atom is -0.462 e. The molecule has 0 aliphatic rings. The van der Waals surface area contributed by atoms with Gasteiger partial charge in [0.1, 0.15) is 0 Å². The smallest absolute Gasteiger partial charge is 0.338 e. The summed E-state index contributed by atoms with van der Waals surface area (Å²) < 4.78 is 5.52. The van der Waals surface area contributed by atoms with Crippen molar-refractivity contribution in [3.05, 3.63) is 47.5 Å². The molecular formula is C28H46O2. The maximum absolute atomic E-state index is 12.2. The molecule has 0 atom stereocenters. The topological polar surface area (TPSA) is 26.3 Å². The van der Waals surface area contributed by atoms with Gasteiger partial charge >= 0.3 is 5.97 Å². The van der Waals surface area contributed by atoms with E-state index < -0.39 is 0 Å². The lowest BCUT2D eigenvalue weighted by atomic mass is 10.0. The molecule has 0 aliphatic carbocycles. The van der Waals surface area contributed by atoms with Gasteiger partial charge in [-0.3, -0.25) is 0 Å². The Kier molecular flexibility index (Phi) is 17.1. The average molecular weight is 415 g/mol. The van der Waals surface area contributed by atoms with Crippen molar-refractivity contribution in [2.45, 2.75) is 117 Å². The Balaban J connectivity index is 2.31. The first-order valence-corrected chi connectivity index (χ1v) is 12.7. The molecule has 0 saturated heterocycles. The molecule has 0 amide bonds. The van der Waals surface area contributed by atoms with Crippen LogP contribution in [0.4, 0.5) is 0 Å². The molecule has 0 fully saturated rings. The van der Waals surface area contributed by atoms with E-state index in [1.54, 1.807) is 0 Å². The zero-order valence-electron chi connectivity index (χ0n) is 19.8. The second-order valence-electron chi connectivity index (χ2n) is 8.54. The molecule has 0 N–H and O–H groups in total. The molecule has 1 aromatic carbocycles.